The molecule has 13 heteroatoms. The molecule has 0 saturated carbocycles. The number of amides is 1. The molecule has 1 amide bonds. The van der Waals surface area contributed by atoms with E-state index in [-0.39, 0.29) is 29.4 Å². The number of carbonyl (C=O) groups is 1. The minimum atomic E-state index is -3.89. The first-order chi connectivity index (χ1) is 22.2. The fourth-order valence-corrected chi connectivity index (χ4v) is 5.96. The maximum absolute atomic E-state index is 16.1. The minimum absolute atomic E-state index is 0.0101. The van der Waals surface area contributed by atoms with Gasteiger partial charge in [0, 0.05) is 48.2 Å². The highest BCUT2D eigenvalue weighted by atomic mass is 19.3. The van der Waals surface area contributed by atoms with Gasteiger partial charge >= 0.3 is 5.92 Å². The molecule has 10 nitrogen and oxygen atoms in total. The summed E-state index contributed by atoms with van der Waals surface area (Å²) in [5.74, 6) is -4.50. The van der Waals surface area contributed by atoms with Gasteiger partial charge < -0.3 is 14.9 Å². The third kappa shape index (κ3) is 4.93. The molecule has 3 aromatic carbocycles. The number of aliphatic hydroxyl groups is 1. The molecule has 1 N–H and O–H groups in total. The number of tetrazole rings is 1. The number of pyridine rings is 1. The molecule has 0 aliphatic carbocycles. The number of fused-ring (bicyclic) bond motifs is 3. The van der Waals surface area contributed by atoms with Crippen LogP contribution in [0.2, 0.25) is 0 Å². The molecule has 46 heavy (non-hydrogen) atoms. The lowest BCUT2D eigenvalue weighted by atomic mass is 9.80. The quantitative estimate of drug-likeness (QED) is 0.298. The lowest BCUT2D eigenvalue weighted by molar-refractivity contribution is -0.207. The predicted molar refractivity (Wildman–Crippen MR) is 159 cm³/mol. The van der Waals surface area contributed by atoms with Crippen molar-refractivity contribution in [3.63, 3.8) is 0 Å². The molecular formula is C33H25F3N8O2. The lowest BCUT2D eigenvalue weighted by Gasteiger charge is -2.39. The van der Waals surface area contributed by atoms with Crippen LogP contribution in [0.4, 0.5) is 18.9 Å². The van der Waals surface area contributed by atoms with Crippen molar-refractivity contribution in [3.05, 3.63) is 113 Å². The molecule has 2 aliphatic rings. The van der Waals surface area contributed by atoms with Crippen LogP contribution < -0.4 is 4.90 Å². The predicted octanol–water partition coefficient (Wildman–Crippen LogP) is 4.25. The van der Waals surface area contributed by atoms with Gasteiger partial charge in [0.1, 0.15) is 11.5 Å². The number of hydrogen-bond donors (Lipinski definition) is 1. The van der Waals surface area contributed by atoms with Crippen molar-refractivity contribution in [2.24, 2.45) is 0 Å². The first-order valence-electron chi connectivity index (χ1n) is 14.4. The average molecular weight is 623 g/mol. The Morgan fingerprint density at radius 3 is 2.43 bits per heavy atom. The van der Waals surface area contributed by atoms with Crippen molar-refractivity contribution < 1.29 is 23.1 Å². The van der Waals surface area contributed by atoms with E-state index in [9.17, 15) is 14.3 Å². The highest BCUT2D eigenvalue weighted by molar-refractivity contribution is 5.83. The number of anilines is 1. The normalized spacial score (nSPS) is 17.8. The number of nitriles is 1. The molecular weight excluding hydrogens is 597 g/mol. The summed E-state index contributed by atoms with van der Waals surface area (Å²) in [6.45, 7) is 1.21. The molecule has 0 unspecified atom stereocenters. The van der Waals surface area contributed by atoms with Crippen LogP contribution >= 0.6 is 0 Å². The molecule has 2 aromatic heterocycles. The summed E-state index contributed by atoms with van der Waals surface area (Å²) in [4.78, 5) is 20.7. The van der Waals surface area contributed by atoms with E-state index in [1.54, 1.807) is 17.0 Å². The summed E-state index contributed by atoms with van der Waals surface area (Å²) >= 11 is 0. The standard InChI is InChI=1S/C33H25F3N8O2/c34-25-8-11-28-27(15-25)31-39-40-41-44(31)20-32(28,46)33(35,36)29-12-7-24(17-38-29)23-5-9-26(10-6-23)42-13-14-43(30(45)19-42)18-22-3-1-21(16-37)2-4-22/h1-12,15,17,46H,13-14,18-20H2/t32-/m0/s1. The van der Waals surface area contributed by atoms with E-state index >= 15 is 8.78 Å². The number of hydrogen-bond acceptors (Lipinski definition) is 8. The Balaban J connectivity index is 1.05. The summed E-state index contributed by atoms with van der Waals surface area (Å²) < 4.78 is 47.2. The van der Waals surface area contributed by atoms with Crippen molar-refractivity contribution in [2.45, 2.75) is 24.6 Å². The maximum Gasteiger partial charge on any atom is 0.323 e. The monoisotopic (exact) mass is 622 g/mol. The van der Waals surface area contributed by atoms with Crippen LogP contribution in [0.15, 0.2) is 85.1 Å². The Morgan fingerprint density at radius 2 is 1.74 bits per heavy atom. The van der Waals surface area contributed by atoms with Gasteiger partial charge in [-0.3, -0.25) is 9.78 Å². The van der Waals surface area contributed by atoms with Gasteiger partial charge in [-0.15, -0.1) is 5.10 Å². The summed E-state index contributed by atoms with van der Waals surface area (Å²) in [7, 11) is 0. The molecule has 230 valence electrons. The molecule has 4 heterocycles. The highest BCUT2D eigenvalue weighted by Crippen LogP contribution is 2.50. The number of aromatic nitrogens is 5. The molecule has 1 saturated heterocycles. The van der Waals surface area contributed by atoms with E-state index in [0.29, 0.717) is 30.8 Å². The fourth-order valence-electron chi connectivity index (χ4n) is 5.96. The molecule has 1 atom stereocenters. The van der Waals surface area contributed by atoms with Crippen LogP contribution in [0.5, 0.6) is 0 Å². The Bertz CT molecular complexity index is 1970. The number of halogens is 3. The largest absolute Gasteiger partial charge is 0.377 e. The second-order valence-electron chi connectivity index (χ2n) is 11.3. The number of alkyl halides is 2. The van der Waals surface area contributed by atoms with Gasteiger partial charge in [0.05, 0.1) is 24.7 Å². The molecule has 1 fully saturated rings. The van der Waals surface area contributed by atoms with E-state index in [1.165, 1.54) is 12.3 Å². The van der Waals surface area contributed by atoms with Crippen LogP contribution in [0, 0.1) is 17.1 Å². The van der Waals surface area contributed by atoms with Gasteiger partial charge in [-0.2, -0.15) is 14.0 Å². The van der Waals surface area contributed by atoms with E-state index in [0.717, 1.165) is 45.8 Å². The van der Waals surface area contributed by atoms with E-state index in [2.05, 4.69) is 26.6 Å². The van der Waals surface area contributed by atoms with E-state index in [1.807, 2.05) is 41.3 Å². The van der Waals surface area contributed by atoms with Gasteiger partial charge in [-0.25, -0.2) is 9.07 Å². The average Bonchev–Trinajstić information content (AvgIpc) is 3.54. The molecule has 0 spiro atoms. The Kier molecular flexibility index (Phi) is 7.01. The number of carbonyl (C=O) groups excluding carboxylic acids is 1. The third-order valence-corrected chi connectivity index (χ3v) is 8.52. The second-order valence-corrected chi connectivity index (χ2v) is 11.3. The van der Waals surface area contributed by atoms with Crippen LogP contribution in [0.3, 0.4) is 0 Å². The lowest BCUT2D eigenvalue weighted by Crippen LogP contribution is -2.50. The first kappa shape index (κ1) is 29.1. The smallest absolute Gasteiger partial charge is 0.323 e. The molecule has 5 aromatic rings. The third-order valence-electron chi connectivity index (χ3n) is 8.52. The van der Waals surface area contributed by atoms with Crippen molar-refractivity contribution in [1.82, 2.24) is 30.1 Å². The van der Waals surface area contributed by atoms with Gasteiger partial charge in [-0.1, -0.05) is 36.4 Å². The summed E-state index contributed by atoms with van der Waals surface area (Å²) in [6, 6.07) is 22.5. The summed E-state index contributed by atoms with van der Waals surface area (Å²) in [6.07, 6.45) is 1.31. The number of nitrogens with zero attached hydrogens (tertiary/aromatic N) is 8. The zero-order valence-electron chi connectivity index (χ0n) is 24.2. The highest BCUT2D eigenvalue weighted by Gasteiger charge is 2.59. The molecule has 7 rings (SSSR count). The summed E-state index contributed by atoms with van der Waals surface area (Å²) in [5.41, 5.74) is 0.00189. The number of benzene rings is 3. The van der Waals surface area contributed by atoms with E-state index in [4.69, 9.17) is 5.26 Å². The Morgan fingerprint density at radius 1 is 0.978 bits per heavy atom. The number of rotatable bonds is 6. The van der Waals surface area contributed by atoms with Gasteiger partial charge in [-0.05, 0) is 64.0 Å². The Labute approximate surface area is 261 Å². The van der Waals surface area contributed by atoms with E-state index < -0.39 is 29.6 Å². The molecule has 0 radical (unpaired) electrons. The molecule has 2 aliphatic heterocycles. The van der Waals surface area contributed by atoms with Gasteiger partial charge in [0.15, 0.2) is 11.4 Å². The van der Waals surface area contributed by atoms with Crippen molar-refractivity contribution >= 4 is 11.6 Å². The SMILES string of the molecule is N#Cc1ccc(CN2CCN(c3ccc(-c4ccc(C(F)(F)[C@]5(O)Cn6nnnc6-c6cc(F)ccc65)nc4)cc3)CC2=O)cc1. The van der Waals surface area contributed by atoms with Crippen LogP contribution in [0.25, 0.3) is 22.5 Å². The van der Waals surface area contributed by atoms with Crippen LogP contribution in [-0.4, -0.2) is 60.7 Å². The van der Waals surface area contributed by atoms with Crippen molar-refractivity contribution in [2.75, 3.05) is 24.5 Å². The Hall–Kier alpha value is -5.61. The van der Waals surface area contributed by atoms with Gasteiger partial charge in [0.2, 0.25) is 5.91 Å². The maximum atomic E-state index is 16.1. The van der Waals surface area contributed by atoms with Crippen molar-refractivity contribution in [3.8, 4) is 28.6 Å². The van der Waals surface area contributed by atoms with Crippen LogP contribution in [0.1, 0.15) is 22.4 Å². The summed E-state index contributed by atoms with van der Waals surface area (Å²) in [5, 5.41) is 31.4. The second kappa shape index (κ2) is 11.1. The fraction of sp³-hybridized carbons (Fsp3) is 0.212. The van der Waals surface area contributed by atoms with Gasteiger partial charge in [0.25, 0.3) is 0 Å². The zero-order valence-corrected chi connectivity index (χ0v) is 24.2. The first-order valence-corrected chi connectivity index (χ1v) is 14.4. The number of piperazine rings is 1. The minimum Gasteiger partial charge on any atom is -0.377 e. The van der Waals surface area contributed by atoms with Crippen LogP contribution in [-0.2, 0) is 29.4 Å². The zero-order chi connectivity index (χ0) is 32.1. The topological polar surface area (TPSA) is 124 Å². The molecule has 0 bridgehead atoms. The van der Waals surface area contributed by atoms with Crippen molar-refractivity contribution in [1.29, 1.82) is 5.26 Å².